The molecule has 0 atom stereocenters. The van der Waals surface area contributed by atoms with Crippen molar-refractivity contribution in [1.82, 2.24) is 15.2 Å². The highest BCUT2D eigenvalue weighted by molar-refractivity contribution is 7.09. The summed E-state index contributed by atoms with van der Waals surface area (Å²) in [6, 6.07) is 8.32. The van der Waals surface area contributed by atoms with Gasteiger partial charge < -0.3 is 15.0 Å². The van der Waals surface area contributed by atoms with Crippen LogP contribution in [0.2, 0.25) is 0 Å². The zero-order chi connectivity index (χ0) is 18.1. The van der Waals surface area contributed by atoms with Gasteiger partial charge in [-0.3, -0.25) is 0 Å². The molecule has 0 amide bonds. The highest BCUT2D eigenvalue weighted by Gasteiger charge is 2.09. The molecule has 1 aromatic heterocycles. The molecule has 136 valence electrons. The molecule has 6 heteroatoms. The van der Waals surface area contributed by atoms with Crippen LogP contribution in [0.3, 0.4) is 0 Å². The van der Waals surface area contributed by atoms with E-state index in [4.69, 9.17) is 9.73 Å². The van der Waals surface area contributed by atoms with Gasteiger partial charge in [0.25, 0.3) is 0 Å². The van der Waals surface area contributed by atoms with Crippen LogP contribution in [0, 0.1) is 6.92 Å². The number of benzene rings is 1. The van der Waals surface area contributed by atoms with Gasteiger partial charge in [0.05, 0.1) is 30.4 Å². The lowest BCUT2D eigenvalue weighted by Crippen LogP contribution is -2.38. The molecule has 0 aliphatic rings. The Balaban J connectivity index is 2.08. The molecule has 0 radical (unpaired) electrons. The van der Waals surface area contributed by atoms with Gasteiger partial charge in [0, 0.05) is 25.6 Å². The number of nitrogens with zero attached hydrogens (tertiary/aromatic N) is 3. The summed E-state index contributed by atoms with van der Waals surface area (Å²) in [5, 5.41) is 6.56. The van der Waals surface area contributed by atoms with Gasteiger partial charge in [0.15, 0.2) is 5.96 Å². The molecular weight excluding hydrogens is 332 g/mol. The first-order valence-electron chi connectivity index (χ1n) is 8.69. The molecule has 25 heavy (non-hydrogen) atoms. The van der Waals surface area contributed by atoms with Gasteiger partial charge in [0.2, 0.25) is 0 Å². The third-order valence-electron chi connectivity index (χ3n) is 3.74. The van der Waals surface area contributed by atoms with Crippen molar-refractivity contribution in [3.05, 3.63) is 51.5 Å². The third kappa shape index (κ3) is 6.14. The van der Waals surface area contributed by atoms with E-state index in [2.05, 4.69) is 45.7 Å². The summed E-state index contributed by atoms with van der Waals surface area (Å²) in [4.78, 5) is 11.5. The summed E-state index contributed by atoms with van der Waals surface area (Å²) in [5.74, 6) is 0.888. The highest BCUT2D eigenvalue weighted by atomic mass is 32.1. The Morgan fingerprint density at radius 3 is 2.68 bits per heavy atom. The molecule has 5 nitrogen and oxygen atoms in total. The maximum absolute atomic E-state index is 5.56. The summed E-state index contributed by atoms with van der Waals surface area (Å²) in [5.41, 5.74) is 3.47. The van der Waals surface area contributed by atoms with Crippen LogP contribution < -0.4 is 5.32 Å². The molecule has 1 N–H and O–H groups in total. The van der Waals surface area contributed by atoms with Gasteiger partial charge in [-0.1, -0.05) is 24.3 Å². The third-order valence-corrected chi connectivity index (χ3v) is 4.56. The Bertz CT molecular complexity index is 684. The van der Waals surface area contributed by atoms with Crippen molar-refractivity contribution >= 4 is 17.3 Å². The summed E-state index contributed by atoms with van der Waals surface area (Å²) in [6.45, 7) is 9.69. The lowest BCUT2D eigenvalue weighted by Gasteiger charge is -2.21. The molecule has 1 aromatic carbocycles. The van der Waals surface area contributed by atoms with Crippen LogP contribution in [-0.4, -0.2) is 36.0 Å². The fourth-order valence-corrected chi connectivity index (χ4v) is 3.10. The van der Waals surface area contributed by atoms with Crippen LogP contribution in [0.4, 0.5) is 0 Å². The largest absolute Gasteiger partial charge is 0.377 e. The van der Waals surface area contributed by atoms with Crippen LogP contribution in [0.1, 0.15) is 35.7 Å². The van der Waals surface area contributed by atoms with E-state index < -0.39 is 0 Å². The van der Waals surface area contributed by atoms with E-state index in [9.17, 15) is 0 Å². The standard InChI is InChI=1S/C19H28N4OS/c1-5-20-19(23(4)12-18-14-25-15(3)22-18)21-11-16-9-7-8-10-17(16)13-24-6-2/h7-10,14H,5-6,11-13H2,1-4H3,(H,20,21). The number of guanidine groups is 1. The topological polar surface area (TPSA) is 49.8 Å². The smallest absolute Gasteiger partial charge is 0.194 e. The number of aryl methyl sites for hydroxylation is 1. The number of thiazole rings is 1. The van der Waals surface area contributed by atoms with E-state index in [1.54, 1.807) is 11.3 Å². The van der Waals surface area contributed by atoms with E-state index in [-0.39, 0.29) is 0 Å². The Labute approximate surface area is 154 Å². The Hall–Kier alpha value is -1.92. The van der Waals surface area contributed by atoms with Gasteiger partial charge in [-0.2, -0.15) is 0 Å². The van der Waals surface area contributed by atoms with E-state index in [1.807, 2.05) is 27.0 Å². The summed E-state index contributed by atoms with van der Waals surface area (Å²) in [6.07, 6.45) is 0. The predicted octanol–water partition coefficient (Wildman–Crippen LogP) is 3.59. The van der Waals surface area contributed by atoms with Crippen LogP contribution in [0.15, 0.2) is 34.6 Å². The zero-order valence-electron chi connectivity index (χ0n) is 15.6. The van der Waals surface area contributed by atoms with Crippen molar-refractivity contribution in [2.75, 3.05) is 20.2 Å². The highest BCUT2D eigenvalue weighted by Crippen LogP contribution is 2.13. The molecule has 0 spiro atoms. The quantitative estimate of drug-likeness (QED) is 0.577. The van der Waals surface area contributed by atoms with E-state index in [0.29, 0.717) is 13.2 Å². The van der Waals surface area contributed by atoms with Crippen molar-refractivity contribution in [1.29, 1.82) is 0 Å². The first-order chi connectivity index (χ1) is 12.1. The molecule has 0 unspecified atom stereocenters. The van der Waals surface area contributed by atoms with Crippen LogP contribution in [0.25, 0.3) is 0 Å². The van der Waals surface area contributed by atoms with E-state index >= 15 is 0 Å². The molecule has 0 bridgehead atoms. The minimum Gasteiger partial charge on any atom is -0.377 e. The molecule has 1 heterocycles. The number of ether oxygens (including phenoxy) is 1. The number of nitrogens with one attached hydrogen (secondary N) is 1. The summed E-state index contributed by atoms with van der Waals surface area (Å²) >= 11 is 1.68. The van der Waals surface area contributed by atoms with Gasteiger partial charge in [-0.05, 0) is 31.9 Å². The monoisotopic (exact) mass is 360 g/mol. The van der Waals surface area contributed by atoms with Crippen LogP contribution >= 0.6 is 11.3 Å². The molecule has 0 saturated heterocycles. The van der Waals surface area contributed by atoms with Crippen molar-refractivity contribution in [3.63, 3.8) is 0 Å². The molecular formula is C19H28N4OS. The Morgan fingerprint density at radius 2 is 2.04 bits per heavy atom. The second-order valence-corrected chi connectivity index (χ2v) is 6.85. The number of hydrogen-bond donors (Lipinski definition) is 1. The van der Waals surface area contributed by atoms with Crippen molar-refractivity contribution < 1.29 is 4.74 Å². The van der Waals surface area contributed by atoms with Crippen molar-refractivity contribution in [3.8, 4) is 0 Å². The summed E-state index contributed by atoms with van der Waals surface area (Å²) in [7, 11) is 2.04. The van der Waals surface area contributed by atoms with Gasteiger partial charge in [-0.15, -0.1) is 11.3 Å². The fraction of sp³-hybridized carbons (Fsp3) is 0.474. The minimum absolute atomic E-state index is 0.631. The number of hydrogen-bond acceptors (Lipinski definition) is 4. The molecule has 2 rings (SSSR count). The summed E-state index contributed by atoms with van der Waals surface area (Å²) < 4.78 is 5.56. The SMILES string of the molecule is CCNC(=NCc1ccccc1COCC)N(C)Cc1csc(C)n1. The van der Waals surface area contributed by atoms with Gasteiger partial charge in [0.1, 0.15) is 0 Å². The lowest BCUT2D eigenvalue weighted by molar-refractivity contribution is 0.133. The second kappa shape index (κ2) is 10.2. The average molecular weight is 361 g/mol. The molecule has 0 aliphatic heterocycles. The van der Waals surface area contributed by atoms with Crippen molar-refractivity contribution in [2.24, 2.45) is 4.99 Å². The normalized spacial score (nSPS) is 11.6. The molecule has 0 saturated carbocycles. The average Bonchev–Trinajstić information content (AvgIpc) is 3.02. The first-order valence-corrected chi connectivity index (χ1v) is 9.57. The van der Waals surface area contributed by atoms with Gasteiger partial charge in [-0.25, -0.2) is 9.98 Å². The molecule has 2 aromatic rings. The number of aromatic nitrogens is 1. The Morgan fingerprint density at radius 1 is 1.28 bits per heavy atom. The maximum atomic E-state index is 5.56. The number of aliphatic imine (C=N–C) groups is 1. The maximum Gasteiger partial charge on any atom is 0.194 e. The van der Waals surface area contributed by atoms with E-state index in [1.165, 1.54) is 11.1 Å². The molecule has 0 fully saturated rings. The Kier molecular flexibility index (Phi) is 7.88. The number of rotatable bonds is 8. The fourth-order valence-electron chi connectivity index (χ4n) is 2.49. The van der Waals surface area contributed by atoms with Crippen LogP contribution in [0.5, 0.6) is 0 Å². The van der Waals surface area contributed by atoms with Crippen LogP contribution in [-0.2, 0) is 24.4 Å². The second-order valence-electron chi connectivity index (χ2n) is 5.79. The van der Waals surface area contributed by atoms with E-state index in [0.717, 1.165) is 36.4 Å². The predicted molar refractivity (Wildman–Crippen MR) is 105 cm³/mol. The first kappa shape index (κ1) is 19.4. The van der Waals surface area contributed by atoms with Crippen molar-refractivity contribution in [2.45, 2.75) is 40.5 Å². The minimum atomic E-state index is 0.631. The molecule has 0 aliphatic carbocycles. The zero-order valence-corrected chi connectivity index (χ0v) is 16.4. The van der Waals surface area contributed by atoms with Gasteiger partial charge >= 0.3 is 0 Å². The lowest BCUT2D eigenvalue weighted by atomic mass is 10.1.